The molecule has 1 saturated heterocycles. The summed E-state index contributed by atoms with van der Waals surface area (Å²) in [5, 5.41) is 7.79. The third kappa shape index (κ3) is 4.60. The molecular weight excluding hydrogens is 420 g/mol. The molecule has 1 fully saturated rings. The molecule has 8 nitrogen and oxygen atoms in total. The smallest absolute Gasteiger partial charge is 0.308 e. The number of urea groups is 1. The molecule has 0 aliphatic carbocycles. The molecule has 4 rings (SSSR count). The van der Waals surface area contributed by atoms with Crippen molar-refractivity contribution in [3.8, 4) is 0 Å². The van der Waals surface area contributed by atoms with E-state index in [0.717, 1.165) is 16.7 Å². The van der Waals surface area contributed by atoms with Crippen LogP contribution >= 0.6 is 11.6 Å². The van der Waals surface area contributed by atoms with Crippen molar-refractivity contribution in [1.82, 2.24) is 15.5 Å². The number of anilines is 1. The van der Waals surface area contributed by atoms with E-state index >= 15 is 0 Å². The SMILES string of the molecule is Cc1ccc(NC(=O)NC(=O)c2ccc3c(c2)CN(C2CCC(=O)NC2=O)C3)cc1Cl. The Balaban J connectivity index is 1.39. The van der Waals surface area contributed by atoms with E-state index in [-0.39, 0.29) is 17.9 Å². The lowest BCUT2D eigenvalue weighted by Crippen LogP contribution is -2.50. The minimum absolute atomic E-state index is 0.247. The van der Waals surface area contributed by atoms with E-state index in [2.05, 4.69) is 16.0 Å². The second-order valence-electron chi connectivity index (χ2n) is 7.73. The van der Waals surface area contributed by atoms with Gasteiger partial charge in [-0.25, -0.2) is 4.79 Å². The number of aryl methyl sites for hydroxylation is 1. The highest BCUT2D eigenvalue weighted by Crippen LogP contribution is 2.28. The number of nitrogens with zero attached hydrogens (tertiary/aromatic N) is 1. The highest BCUT2D eigenvalue weighted by Gasteiger charge is 2.34. The Hall–Kier alpha value is -3.23. The molecule has 3 N–H and O–H groups in total. The van der Waals surface area contributed by atoms with Gasteiger partial charge < -0.3 is 5.32 Å². The number of imide groups is 2. The van der Waals surface area contributed by atoms with Gasteiger partial charge in [-0.3, -0.25) is 29.9 Å². The van der Waals surface area contributed by atoms with Crippen LogP contribution in [0.3, 0.4) is 0 Å². The number of rotatable bonds is 3. The van der Waals surface area contributed by atoms with Crippen LogP contribution in [-0.4, -0.2) is 34.7 Å². The van der Waals surface area contributed by atoms with E-state index in [1.165, 1.54) is 0 Å². The van der Waals surface area contributed by atoms with Crippen molar-refractivity contribution in [2.45, 2.75) is 38.9 Å². The lowest BCUT2D eigenvalue weighted by Gasteiger charge is -2.29. The van der Waals surface area contributed by atoms with Crippen molar-refractivity contribution in [1.29, 1.82) is 0 Å². The molecule has 5 amide bonds. The van der Waals surface area contributed by atoms with Crippen LogP contribution in [0.5, 0.6) is 0 Å². The van der Waals surface area contributed by atoms with Gasteiger partial charge in [-0.2, -0.15) is 0 Å². The number of amides is 5. The standard InChI is InChI=1S/C22H21ClN4O4/c1-12-2-5-16(9-17(12)23)24-22(31)26-20(29)13-3-4-14-10-27(11-15(14)8-13)18-6-7-19(28)25-21(18)30/h2-5,8-9,18H,6-7,10-11H2,1H3,(H,25,28,30)(H2,24,26,29,31). The van der Waals surface area contributed by atoms with Crippen molar-refractivity contribution in [2.24, 2.45) is 0 Å². The highest BCUT2D eigenvalue weighted by molar-refractivity contribution is 6.31. The Morgan fingerprint density at radius 2 is 1.87 bits per heavy atom. The maximum absolute atomic E-state index is 12.5. The Bertz CT molecular complexity index is 1100. The zero-order chi connectivity index (χ0) is 22.1. The number of benzene rings is 2. The third-order valence-corrected chi connectivity index (χ3v) is 5.93. The molecule has 0 spiro atoms. The lowest BCUT2D eigenvalue weighted by molar-refractivity contribution is -0.137. The first-order chi connectivity index (χ1) is 14.8. The van der Waals surface area contributed by atoms with Crippen molar-refractivity contribution in [2.75, 3.05) is 5.32 Å². The lowest BCUT2D eigenvalue weighted by atomic mass is 10.0. The fraction of sp³-hybridized carbons (Fsp3) is 0.273. The van der Waals surface area contributed by atoms with Crippen LogP contribution in [-0.2, 0) is 22.7 Å². The predicted octanol–water partition coefficient (Wildman–Crippen LogP) is 2.73. The van der Waals surface area contributed by atoms with Crippen LogP contribution in [0.25, 0.3) is 0 Å². The molecule has 2 heterocycles. The average molecular weight is 441 g/mol. The van der Waals surface area contributed by atoms with Crippen molar-refractivity contribution < 1.29 is 19.2 Å². The minimum Gasteiger partial charge on any atom is -0.308 e. The predicted molar refractivity (Wildman–Crippen MR) is 115 cm³/mol. The molecule has 0 saturated carbocycles. The van der Waals surface area contributed by atoms with Crippen molar-refractivity contribution in [3.05, 3.63) is 63.7 Å². The molecule has 9 heteroatoms. The normalized spacial score (nSPS) is 18.3. The molecule has 0 radical (unpaired) electrons. The van der Waals surface area contributed by atoms with Gasteiger partial charge in [0.1, 0.15) is 0 Å². The number of carbonyl (C=O) groups is 4. The molecule has 2 aromatic carbocycles. The van der Waals surface area contributed by atoms with E-state index in [1.807, 2.05) is 17.9 Å². The van der Waals surface area contributed by atoms with Crippen LogP contribution in [0.15, 0.2) is 36.4 Å². The van der Waals surface area contributed by atoms with E-state index < -0.39 is 11.9 Å². The monoisotopic (exact) mass is 440 g/mol. The maximum Gasteiger partial charge on any atom is 0.326 e. The van der Waals surface area contributed by atoms with Crippen LogP contribution in [0, 0.1) is 6.92 Å². The first kappa shape index (κ1) is 21.0. The van der Waals surface area contributed by atoms with E-state index in [1.54, 1.807) is 30.3 Å². The molecule has 2 aliphatic rings. The van der Waals surface area contributed by atoms with Gasteiger partial charge in [-0.15, -0.1) is 0 Å². The van der Waals surface area contributed by atoms with E-state index in [9.17, 15) is 19.2 Å². The fourth-order valence-electron chi connectivity index (χ4n) is 3.82. The molecule has 160 valence electrons. The third-order valence-electron chi connectivity index (χ3n) is 5.52. The first-order valence-corrected chi connectivity index (χ1v) is 10.3. The summed E-state index contributed by atoms with van der Waals surface area (Å²) in [5.41, 5.74) is 3.65. The molecule has 2 aliphatic heterocycles. The summed E-state index contributed by atoms with van der Waals surface area (Å²) in [4.78, 5) is 50.2. The summed E-state index contributed by atoms with van der Waals surface area (Å²) in [7, 11) is 0. The van der Waals surface area contributed by atoms with Crippen LogP contribution < -0.4 is 16.0 Å². The number of hydrogen-bond donors (Lipinski definition) is 3. The molecule has 1 atom stereocenters. The van der Waals surface area contributed by atoms with Gasteiger partial charge in [-0.05, 0) is 54.3 Å². The summed E-state index contributed by atoms with van der Waals surface area (Å²) < 4.78 is 0. The summed E-state index contributed by atoms with van der Waals surface area (Å²) >= 11 is 6.05. The number of nitrogens with one attached hydrogen (secondary N) is 3. The maximum atomic E-state index is 12.5. The molecule has 0 bridgehead atoms. The Morgan fingerprint density at radius 1 is 1.10 bits per heavy atom. The average Bonchev–Trinajstić information content (AvgIpc) is 3.13. The van der Waals surface area contributed by atoms with Crippen LogP contribution in [0.4, 0.5) is 10.5 Å². The second-order valence-corrected chi connectivity index (χ2v) is 8.13. The van der Waals surface area contributed by atoms with Gasteiger partial charge in [0.25, 0.3) is 5.91 Å². The minimum atomic E-state index is -0.657. The zero-order valence-corrected chi connectivity index (χ0v) is 17.6. The summed E-state index contributed by atoms with van der Waals surface area (Å²) in [6, 6.07) is 9.27. The summed E-state index contributed by atoms with van der Waals surface area (Å²) in [6.07, 6.45) is 0.799. The Kier molecular flexibility index (Phi) is 5.75. The van der Waals surface area contributed by atoms with Gasteiger partial charge in [-0.1, -0.05) is 23.7 Å². The summed E-state index contributed by atoms with van der Waals surface area (Å²) in [5.74, 6) is -1.06. The van der Waals surface area contributed by atoms with Gasteiger partial charge in [0.05, 0.1) is 6.04 Å². The molecular formula is C22H21ClN4O4. The largest absolute Gasteiger partial charge is 0.326 e. The highest BCUT2D eigenvalue weighted by atomic mass is 35.5. The Labute approximate surface area is 183 Å². The van der Waals surface area contributed by atoms with E-state index in [0.29, 0.717) is 42.2 Å². The van der Waals surface area contributed by atoms with Gasteiger partial charge in [0, 0.05) is 35.8 Å². The molecule has 2 aromatic rings. The molecule has 1 unspecified atom stereocenters. The van der Waals surface area contributed by atoms with Gasteiger partial charge in [0.15, 0.2) is 0 Å². The molecule has 0 aromatic heterocycles. The first-order valence-electron chi connectivity index (χ1n) is 9.88. The zero-order valence-electron chi connectivity index (χ0n) is 16.8. The van der Waals surface area contributed by atoms with Crippen molar-refractivity contribution in [3.63, 3.8) is 0 Å². The second kappa shape index (κ2) is 8.49. The number of piperidine rings is 1. The Morgan fingerprint density at radius 3 is 2.61 bits per heavy atom. The number of fused-ring (bicyclic) bond motifs is 1. The topological polar surface area (TPSA) is 108 Å². The molecule has 31 heavy (non-hydrogen) atoms. The van der Waals surface area contributed by atoms with Crippen LogP contribution in [0.2, 0.25) is 5.02 Å². The van der Waals surface area contributed by atoms with Crippen molar-refractivity contribution >= 4 is 41.0 Å². The van der Waals surface area contributed by atoms with Crippen LogP contribution in [0.1, 0.15) is 39.9 Å². The number of halogens is 1. The quantitative estimate of drug-likeness (QED) is 0.636. The van der Waals surface area contributed by atoms with Gasteiger partial charge >= 0.3 is 6.03 Å². The number of carbonyl (C=O) groups excluding carboxylic acids is 4. The summed E-state index contributed by atoms with van der Waals surface area (Å²) in [6.45, 7) is 2.92. The number of hydrogen-bond acceptors (Lipinski definition) is 5. The van der Waals surface area contributed by atoms with E-state index in [4.69, 9.17) is 11.6 Å². The fourth-order valence-corrected chi connectivity index (χ4v) is 4.00. The van der Waals surface area contributed by atoms with Gasteiger partial charge in [0.2, 0.25) is 11.8 Å².